The Bertz CT molecular complexity index is 221. The number of ether oxygens (including phenoxy) is 1. The highest BCUT2D eigenvalue weighted by atomic mass is 16.6. The zero-order chi connectivity index (χ0) is 12.4. The van der Waals surface area contributed by atoms with E-state index in [1.54, 1.807) is 0 Å². The van der Waals surface area contributed by atoms with Gasteiger partial charge in [-0.15, -0.1) is 0 Å². The Morgan fingerprint density at radius 1 is 1.19 bits per heavy atom. The van der Waals surface area contributed by atoms with Crippen LogP contribution in [0.25, 0.3) is 0 Å². The third kappa shape index (κ3) is 9.42. The number of nitrogens with two attached hydrogens (primary N) is 2. The summed E-state index contributed by atoms with van der Waals surface area (Å²) in [4.78, 5) is 21.4. The first-order chi connectivity index (χ1) is 7.56. The fourth-order valence-electron chi connectivity index (χ4n) is 1.14. The SMILES string of the molecule is NCCCCCC(=O)OC(N)CCC(=O)O. The van der Waals surface area contributed by atoms with Crippen molar-refractivity contribution in [3.8, 4) is 0 Å². The topological polar surface area (TPSA) is 116 Å². The molecule has 0 saturated heterocycles. The van der Waals surface area contributed by atoms with Gasteiger partial charge in [0.2, 0.25) is 0 Å². The largest absolute Gasteiger partial charge is 0.481 e. The van der Waals surface area contributed by atoms with Crippen molar-refractivity contribution >= 4 is 11.9 Å². The average Bonchev–Trinajstić information content (AvgIpc) is 2.21. The Morgan fingerprint density at radius 3 is 2.44 bits per heavy atom. The number of carbonyl (C=O) groups is 2. The van der Waals surface area contributed by atoms with E-state index < -0.39 is 12.2 Å². The molecule has 1 atom stereocenters. The van der Waals surface area contributed by atoms with Gasteiger partial charge in [-0.1, -0.05) is 6.42 Å². The van der Waals surface area contributed by atoms with E-state index in [0.29, 0.717) is 13.0 Å². The molecule has 0 rings (SSSR count). The fraction of sp³-hybridized carbons (Fsp3) is 0.800. The summed E-state index contributed by atoms with van der Waals surface area (Å²) < 4.78 is 4.83. The summed E-state index contributed by atoms with van der Waals surface area (Å²) in [5.41, 5.74) is 10.7. The second kappa shape index (κ2) is 9.11. The summed E-state index contributed by atoms with van der Waals surface area (Å²) in [7, 11) is 0. The van der Waals surface area contributed by atoms with Crippen molar-refractivity contribution in [2.24, 2.45) is 11.5 Å². The maximum atomic E-state index is 11.2. The molecule has 94 valence electrons. The van der Waals surface area contributed by atoms with Gasteiger partial charge in [-0.25, -0.2) is 0 Å². The lowest BCUT2D eigenvalue weighted by atomic mass is 10.2. The van der Waals surface area contributed by atoms with Crippen LogP contribution in [0.4, 0.5) is 0 Å². The van der Waals surface area contributed by atoms with E-state index in [-0.39, 0.29) is 18.8 Å². The maximum absolute atomic E-state index is 11.2. The summed E-state index contributed by atoms with van der Waals surface area (Å²) >= 11 is 0. The van der Waals surface area contributed by atoms with Crippen LogP contribution in [-0.2, 0) is 14.3 Å². The molecule has 0 heterocycles. The van der Waals surface area contributed by atoms with E-state index in [9.17, 15) is 9.59 Å². The van der Waals surface area contributed by atoms with Crippen LogP contribution in [0.15, 0.2) is 0 Å². The summed E-state index contributed by atoms with van der Waals surface area (Å²) in [6.07, 6.45) is 2.03. The second-order valence-electron chi connectivity index (χ2n) is 3.56. The molecule has 0 saturated carbocycles. The zero-order valence-corrected chi connectivity index (χ0v) is 9.35. The van der Waals surface area contributed by atoms with Crippen molar-refractivity contribution in [3.63, 3.8) is 0 Å². The first-order valence-electron chi connectivity index (χ1n) is 5.43. The molecule has 6 heteroatoms. The molecule has 5 N–H and O–H groups in total. The van der Waals surface area contributed by atoms with Crippen LogP contribution in [0, 0.1) is 0 Å². The second-order valence-corrected chi connectivity index (χ2v) is 3.56. The van der Waals surface area contributed by atoms with Gasteiger partial charge in [0, 0.05) is 12.8 Å². The number of rotatable bonds is 9. The molecule has 6 nitrogen and oxygen atoms in total. The molecule has 0 aromatic carbocycles. The molecule has 0 aliphatic carbocycles. The van der Waals surface area contributed by atoms with Crippen LogP contribution in [-0.4, -0.2) is 29.8 Å². The number of hydrogen-bond acceptors (Lipinski definition) is 5. The van der Waals surface area contributed by atoms with Gasteiger partial charge in [0.1, 0.15) is 0 Å². The predicted molar refractivity (Wildman–Crippen MR) is 58.5 cm³/mol. The Kier molecular flexibility index (Phi) is 8.46. The van der Waals surface area contributed by atoms with E-state index >= 15 is 0 Å². The van der Waals surface area contributed by atoms with Gasteiger partial charge in [0.05, 0.1) is 6.42 Å². The monoisotopic (exact) mass is 232 g/mol. The van der Waals surface area contributed by atoms with E-state index in [1.165, 1.54) is 0 Å². The highest BCUT2D eigenvalue weighted by molar-refractivity contribution is 5.69. The molecule has 0 fully saturated rings. The first kappa shape index (κ1) is 14.9. The van der Waals surface area contributed by atoms with E-state index in [1.807, 2.05) is 0 Å². The molecule has 0 radical (unpaired) electrons. The average molecular weight is 232 g/mol. The van der Waals surface area contributed by atoms with Crippen LogP contribution >= 0.6 is 0 Å². The Balaban J connectivity index is 3.50. The summed E-state index contributed by atoms with van der Waals surface area (Å²) in [5.74, 6) is -1.33. The Hall–Kier alpha value is -1.14. The molecular weight excluding hydrogens is 212 g/mol. The van der Waals surface area contributed by atoms with E-state index in [2.05, 4.69) is 0 Å². The number of hydrogen-bond donors (Lipinski definition) is 3. The molecule has 0 aliphatic heterocycles. The van der Waals surface area contributed by atoms with Crippen LogP contribution in [0.1, 0.15) is 38.5 Å². The highest BCUT2D eigenvalue weighted by Gasteiger charge is 2.10. The number of aliphatic carboxylic acids is 1. The quantitative estimate of drug-likeness (QED) is 0.297. The van der Waals surface area contributed by atoms with Crippen molar-refractivity contribution in [3.05, 3.63) is 0 Å². The number of carboxylic acids is 1. The van der Waals surface area contributed by atoms with Gasteiger partial charge in [0.25, 0.3) is 0 Å². The normalized spacial score (nSPS) is 12.1. The van der Waals surface area contributed by atoms with Crippen LogP contribution in [0.2, 0.25) is 0 Å². The zero-order valence-electron chi connectivity index (χ0n) is 9.35. The van der Waals surface area contributed by atoms with Gasteiger partial charge in [0.15, 0.2) is 6.23 Å². The van der Waals surface area contributed by atoms with Crippen molar-refractivity contribution in [1.82, 2.24) is 0 Å². The minimum atomic E-state index is -0.950. The van der Waals surface area contributed by atoms with Gasteiger partial charge in [-0.3, -0.25) is 15.3 Å². The minimum absolute atomic E-state index is 0.0956. The highest BCUT2D eigenvalue weighted by Crippen LogP contribution is 2.03. The number of carbonyl (C=O) groups excluding carboxylic acids is 1. The Morgan fingerprint density at radius 2 is 1.88 bits per heavy atom. The molecule has 0 spiro atoms. The maximum Gasteiger partial charge on any atom is 0.307 e. The Labute approximate surface area is 94.9 Å². The van der Waals surface area contributed by atoms with Crippen molar-refractivity contribution in [2.45, 2.75) is 44.8 Å². The summed E-state index contributed by atoms with van der Waals surface area (Å²) in [6.45, 7) is 0.618. The van der Waals surface area contributed by atoms with Gasteiger partial charge in [-0.2, -0.15) is 0 Å². The molecule has 1 unspecified atom stereocenters. The molecular formula is C10H20N2O4. The van der Waals surface area contributed by atoms with Gasteiger partial charge >= 0.3 is 11.9 Å². The van der Waals surface area contributed by atoms with E-state index in [4.69, 9.17) is 21.3 Å². The third-order valence-corrected chi connectivity index (χ3v) is 2.01. The third-order valence-electron chi connectivity index (χ3n) is 2.01. The summed E-state index contributed by atoms with van der Waals surface area (Å²) in [5, 5.41) is 8.39. The molecule has 0 amide bonds. The lowest BCUT2D eigenvalue weighted by Crippen LogP contribution is -2.27. The molecule has 0 aliphatic rings. The van der Waals surface area contributed by atoms with Crippen LogP contribution in [0.3, 0.4) is 0 Å². The standard InChI is InChI=1S/C10H20N2O4/c11-7-3-1-2-4-10(15)16-8(12)5-6-9(13)14/h8H,1-7,11-12H2,(H,13,14). The number of esters is 1. The smallest absolute Gasteiger partial charge is 0.307 e. The van der Waals surface area contributed by atoms with E-state index in [0.717, 1.165) is 19.3 Å². The van der Waals surface area contributed by atoms with Gasteiger partial charge in [-0.05, 0) is 19.4 Å². The number of carboxylic acid groups (broad SMARTS) is 1. The first-order valence-corrected chi connectivity index (χ1v) is 5.43. The summed E-state index contributed by atoms with van der Waals surface area (Å²) in [6, 6.07) is 0. The predicted octanol–water partition coefficient (Wildman–Crippen LogP) is 0.198. The molecule has 0 bridgehead atoms. The lowest BCUT2D eigenvalue weighted by Gasteiger charge is -2.11. The van der Waals surface area contributed by atoms with Crippen molar-refractivity contribution < 1.29 is 19.4 Å². The molecule has 0 aromatic heterocycles. The van der Waals surface area contributed by atoms with Crippen molar-refractivity contribution in [2.75, 3.05) is 6.54 Å². The molecule has 0 aromatic rings. The molecule has 16 heavy (non-hydrogen) atoms. The number of unbranched alkanes of at least 4 members (excludes halogenated alkanes) is 2. The van der Waals surface area contributed by atoms with Gasteiger partial charge < -0.3 is 15.6 Å². The minimum Gasteiger partial charge on any atom is -0.481 e. The lowest BCUT2D eigenvalue weighted by molar-refractivity contribution is -0.151. The fourth-order valence-corrected chi connectivity index (χ4v) is 1.14. The van der Waals surface area contributed by atoms with Crippen LogP contribution < -0.4 is 11.5 Å². The van der Waals surface area contributed by atoms with Crippen LogP contribution in [0.5, 0.6) is 0 Å². The van der Waals surface area contributed by atoms with Crippen molar-refractivity contribution in [1.29, 1.82) is 0 Å².